The van der Waals surface area contributed by atoms with Crippen molar-refractivity contribution in [3.8, 4) is 0 Å². The van der Waals surface area contributed by atoms with Crippen LogP contribution >= 0.6 is 15.9 Å². The van der Waals surface area contributed by atoms with Gasteiger partial charge < -0.3 is 9.22 Å². The van der Waals surface area contributed by atoms with Crippen LogP contribution in [0.15, 0.2) is 30.3 Å². The number of hydrogen-bond donors (Lipinski definition) is 0. The minimum Gasteiger partial charge on any atom is -0.452 e. The highest BCUT2D eigenvalue weighted by molar-refractivity contribution is 9.09. The average molecular weight is 393 g/mol. The van der Waals surface area contributed by atoms with Gasteiger partial charge in [0.1, 0.15) is 13.1 Å². The summed E-state index contributed by atoms with van der Waals surface area (Å²) >= 11 is 3.44. The molecule has 1 aliphatic carbocycles. The largest absolute Gasteiger partial charge is 0.452 e. The Morgan fingerprint density at radius 1 is 1.21 bits per heavy atom. The first-order chi connectivity index (χ1) is 11.7. The van der Waals surface area contributed by atoms with Gasteiger partial charge in [-0.2, -0.15) is 0 Å². The number of quaternary nitrogens is 1. The van der Waals surface area contributed by atoms with E-state index < -0.39 is 0 Å². The van der Waals surface area contributed by atoms with Crippen molar-refractivity contribution in [2.45, 2.75) is 44.2 Å². The Morgan fingerprint density at radius 3 is 2.83 bits per heavy atom. The second-order valence-electron chi connectivity index (χ2n) is 7.98. The monoisotopic (exact) mass is 392 g/mol. The number of fused-ring (bicyclic) bond motifs is 1. The summed E-state index contributed by atoms with van der Waals surface area (Å²) in [5.74, 6) is 1.32. The van der Waals surface area contributed by atoms with Crippen molar-refractivity contribution >= 4 is 21.9 Å². The van der Waals surface area contributed by atoms with Crippen molar-refractivity contribution in [2.75, 3.05) is 25.0 Å². The molecule has 4 atom stereocenters. The molecule has 3 nitrogen and oxygen atoms in total. The summed E-state index contributed by atoms with van der Waals surface area (Å²) in [5.41, 5.74) is 1.31. The van der Waals surface area contributed by atoms with E-state index in [1.807, 2.05) is 0 Å². The summed E-state index contributed by atoms with van der Waals surface area (Å²) in [6.07, 6.45) is 5.02. The Balaban J connectivity index is 1.36. The van der Waals surface area contributed by atoms with Crippen molar-refractivity contribution in [1.82, 2.24) is 0 Å². The van der Waals surface area contributed by atoms with Crippen molar-refractivity contribution in [2.24, 2.45) is 11.8 Å². The van der Waals surface area contributed by atoms with Gasteiger partial charge in [0.25, 0.3) is 0 Å². The van der Waals surface area contributed by atoms with E-state index in [1.165, 1.54) is 25.1 Å². The Hall–Kier alpha value is -0.870. The first-order valence-electron chi connectivity index (χ1n) is 9.34. The zero-order valence-corrected chi connectivity index (χ0v) is 15.8. The molecule has 4 heteroatoms. The van der Waals surface area contributed by atoms with E-state index in [-0.39, 0.29) is 11.6 Å². The van der Waals surface area contributed by atoms with E-state index in [2.05, 4.69) is 46.3 Å². The molecule has 130 valence electrons. The normalized spacial score (nSPS) is 35.7. The van der Waals surface area contributed by atoms with Gasteiger partial charge >= 0.3 is 5.97 Å². The van der Waals surface area contributed by atoms with Crippen LogP contribution in [0.5, 0.6) is 0 Å². The van der Waals surface area contributed by atoms with E-state index in [1.54, 1.807) is 0 Å². The van der Waals surface area contributed by atoms with Gasteiger partial charge in [0.2, 0.25) is 0 Å². The maximum absolute atomic E-state index is 12.3. The van der Waals surface area contributed by atoms with Gasteiger partial charge in [0, 0.05) is 29.7 Å². The van der Waals surface area contributed by atoms with Crippen molar-refractivity contribution in [3.05, 3.63) is 35.9 Å². The number of ether oxygens (including phenoxy) is 1. The minimum absolute atomic E-state index is 0.0404. The Labute approximate surface area is 153 Å². The molecule has 0 N–H and O–H groups in total. The first-order valence-corrected chi connectivity index (χ1v) is 10.5. The van der Waals surface area contributed by atoms with Gasteiger partial charge in [-0.05, 0) is 12.8 Å². The van der Waals surface area contributed by atoms with Gasteiger partial charge in [0.15, 0.2) is 5.60 Å². The number of hydrogen-bond acceptors (Lipinski definition) is 2. The first kappa shape index (κ1) is 16.6. The summed E-state index contributed by atoms with van der Waals surface area (Å²) in [4.78, 5) is 12.3. The predicted octanol–water partition coefficient (Wildman–Crippen LogP) is 3.90. The standard InChI is InChI=1S/C20H27BrNO2/c21-11-6-2-5-9-19(23)24-20-15-22(12-10-17(20)18(20)14-22)13-16-7-3-1-4-8-16/h1,3-4,7-8,17-18H,2,5-6,9-15H2/q+1/t17?,18?,20-,22?/m1/s1. The number of unbranched alkanes of at least 4 members (excludes halogenated alkanes) is 2. The lowest BCUT2D eigenvalue weighted by atomic mass is 10.0. The smallest absolute Gasteiger partial charge is 0.306 e. The predicted molar refractivity (Wildman–Crippen MR) is 97.7 cm³/mol. The van der Waals surface area contributed by atoms with Crippen LogP contribution in [0, 0.1) is 11.8 Å². The average Bonchev–Trinajstić information content (AvgIpc) is 3.08. The molecule has 1 saturated carbocycles. The van der Waals surface area contributed by atoms with Crippen molar-refractivity contribution in [3.63, 3.8) is 0 Å². The van der Waals surface area contributed by atoms with Crippen LogP contribution in [0.4, 0.5) is 0 Å². The summed E-state index contributed by atoms with van der Waals surface area (Å²) in [7, 11) is 0. The van der Waals surface area contributed by atoms with Gasteiger partial charge in [-0.1, -0.05) is 52.7 Å². The molecule has 1 aromatic rings. The number of alkyl halides is 1. The van der Waals surface area contributed by atoms with E-state index >= 15 is 0 Å². The number of rotatable bonds is 8. The van der Waals surface area contributed by atoms with E-state index in [4.69, 9.17) is 4.74 Å². The van der Waals surface area contributed by atoms with Crippen LogP contribution in [-0.2, 0) is 16.1 Å². The highest BCUT2D eigenvalue weighted by atomic mass is 79.9. The molecule has 0 spiro atoms. The molecule has 5 rings (SSSR count). The second kappa shape index (κ2) is 6.45. The molecule has 4 bridgehead atoms. The van der Waals surface area contributed by atoms with Crippen LogP contribution in [0.1, 0.15) is 37.7 Å². The number of esters is 1. The topological polar surface area (TPSA) is 26.3 Å². The Kier molecular flexibility index (Phi) is 4.46. The molecule has 24 heavy (non-hydrogen) atoms. The molecular weight excluding hydrogens is 366 g/mol. The van der Waals surface area contributed by atoms with E-state index in [0.29, 0.717) is 18.3 Å². The lowest BCUT2D eigenvalue weighted by Gasteiger charge is -2.42. The lowest BCUT2D eigenvalue weighted by Crippen LogP contribution is -2.54. The highest BCUT2D eigenvalue weighted by Crippen LogP contribution is 2.65. The summed E-state index contributed by atoms with van der Waals surface area (Å²) in [6.45, 7) is 4.59. The summed E-state index contributed by atoms with van der Waals surface area (Å²) in [6, 6.07) is 10.8. The van der Waals surface area contributed by atoms with Crippen LogP contribution in [-0.4, -0.2) is 41.0 Å². The fourth-order valence-corrected chi connectivity index (χ4v) is 5.68. The molecule has 4 fully saturated rings. The molecule has 0 amide bonds. The third-order valence-electron chi connectivity index (χ3n) is 6.39. The number of carbonyl (C=O) groups is 1. The quantitative estimate of drug-likeness (QED) is 0.290. The Morgan fingerprint density at radius 2 is 2.04 bits per heavy atom. The third-order valence-corrected chi connectivity index (χ3v) is 6.95. The molecule has 3 aliphatic heterocycles. The molecule has 3 heterocycles. The van der Waals surface area contributed by atoms with E-state index in [9.17, 15) is 4.79 Å². The SMILES string of the molecule is O=C(CCCCCBr)O[C@]12C[N+]3(Cc4ccccc4)CCC1C2C3. The van der Waals surface area contributed by atoms with Gasteiger partial charge in [-0.25, -0.2) is 0 Å². The fraction of sp³-hybridized carbons (Fsp3) is 0.650. The van der Waals surface area contributed by atoms with Crippen LogP contribution in [0.3, 0.4) is 0 Å². The summed E-state index contributed by atoms with van der Waals surface area (Å²) in [5, 5.41) is 1.02. The molecule has 0 radical (unpaired) electrons. The molecule has 0 aromatic heterocycles. The maximum atomic E-state index is 12.3. The van der Waals surface area contributed by atoms with Crippen molar-refractivity contribution < 1.29 is 14.0 Å². The minimum atomic E-state index is -0.0977. The van der Waals surface area contributed by atoms with Crippen LogP contribution in [0.2, 0.25) is 0 Å². The number of carbonyl (C=O) groups excluding carboxylic acids is 1. The maximum Gasteiger partial charge on any atom is 0.306 e. The molecule has 3 unspecified atom stereocenters. The number of piperidine rings is 3. The molecule has 1 aromatic carbocycles. The number of halogens is 1. The second-order valence-corrected chi connectivity index (χ2v) is 8.77. The zero-order chi connectivity index (χ0) is 16.6. The Bertz CT molecular complexity index is 607. The zero-order valence-electron chi connectivity index (χ0n) is 14.3. The number of nitrogens with zero attached hydrogens (tertiary/aromatic N) is 1. The van der Waals surface area contributed by atoms with Crippen LogP contribution < -0.4 is 0 Å². The van der Waals surface area contributed by atoms with E-state index in [0.717, 1.165) is 42.2 Å². The number of benzene rings is 1. The fourth-order valence-electron chi connectivity index (χ4n) is 5.28. The van der Waals surface area contributed by atoms with Crippen LogP contribution in [0.25, 0.3) is 0 Å². The highest BCUT2D eigenvalue weighted by Gasteiger charge is 2.80. The molecular formula is C20H27BrNO2+. The molecule has 3 saturated heterocycles. The van der Waals surface area contributed by atoms with Gasteiger partial charge in [-0.15, -0.1) is 0 Å². The molecule has 4 aliphatic rings. The lowest BCUT2D eigenvalue weighted by molar-refractivity contribution is -0.943. The van der Waals surface area contributed by atoms with Gasteiger partial charge in [0.05, 0.1) is 19.0 Å². The third kappa shape index (κ3) is 2.92. The van der Waals surface area contributed by atoms with Gasteiger partial charge in [-0.3, -0.25) is 4.79 Å². The van der Waals surface area contributed by atoms with Crippen molar-refractivity contribution in [1.29, 1.82) is 0 Å². The summed E-state index contributed by atoms with van der Waals surface area (Å²) < 4.78 is 7.21.